The lowest BCUT2D eigenvalue weighted by atomic mass is 9.86. The van der Waals surface area contributed by atoms with E-state index in [4.69, 9.17) is 0 Å². The number of carbonyl (C=O) groups is 3. The van der Waals surface area contributed by atoms with Crippen molar-refractivity contribution in [1.29, 1.82) is 0 Å². The Morgan fingerprint density at radius 3 is 2.16 bits per heavy atom. The lowest BCUT2D eigenvalue weighted by Gasteiger charge is -2.17. The molecule has 7 N–H and O–H groups in total. The van der Waals surface area contributed by atoms with Crippen LogP contribution in [0.4, 0.5) is 0 Å². The Morgan fingerprint density at radius 1 is 0.884 bits per heavy atom. The number of hydrogen-bond donors (Lipinski definition) is 7. The van der Waals surface area contributed by atoms with Gasteiger partial charge in [-0.05, 0) is 74.1 Å². The second-order valence-corrected chi connectivity index (χ2v) is 11.3. The Kier molecular flexibility index (Phi) is 7.56. The van der Waals surface area contributed by atoms with Gasteiger partial charge in [0.2, 0.25) is 0 Å². The predicted molar refractivity (Wildman–Crippen MR) is 165 cm³/mol. The minimum absolute atomic E-state index is 0.0347. The number of H-pyrrole nitrogens is 3. The second kappa shape index (κ2) is 11.0. The quantitative estimate of drug-likeness (QED) is 0.220. The Hall–Kier alpha value is -4.99. The number of hydrogen-bond acceptors (Lipinski definition) is 4. The Bertz CT molecular complexity index is 1890. The highest BCUT2D eigenvalue weighted by Crippen LogP contribution is 2.42. The molecular formula is C33H36N4O6. The van der Waals surface area contributed by atoms with Crippen molar-refractivity contribution in [2.75, 3.05) is 0 Å². The first-order valence-electron chi connectivity index (χ1n) is 14.3. The van der Waals surface area contributed by atoms with Gasteiger partial charge in [0.1, 0.15) is 5.57 Å². The Labute approximate surface area is 248 Å². The van der Waals surface area contributed by atoms with E-state index in [-0.39, 0.29) is 41.3 Å². The van der Waals surface area contributed by atoms with E-state index < -0.39 is 23.8 Å². The molecule has 5 rings (SSSR count). The summed E-state index contributed by atoms with van der Waals surface area (Å²) in [5.41, 5.74) is 7.08. The van der Waals surface area contributed by atoms with Gasteiger partial charge in [-0.15, -0.1) is 0 Å². The SMILES string of the molecule is C=Cc1c2[nH]c(c1C)C=C1NC(=C(C(=O)O)c3[nH]c(c(C)c3C(=O)O)C=c3[nH]c(c(C)c3CC)=C2)[C@@H](CCC(=O)O)[C@@H]1C. The molecule has 5 heterocycles. The third-order valence-corrected chi connectivity index (χ3v) is 8.90. The minimum Gasteiger partial charge on any atom is -0.481 e. The molecule has 1 fully saturated rings. The molecule has 43 heavy (non-hydrogen) atoms. The average Bonchev–Trinajstić information content (AvgIpc) is 3.60. The van der Waals surface area contributed by atoms with Gasteiger partial charge >= 0.3 is 17.9 Å². The molecule has 0 amide bonds. The summed E-state index contributed by atoms with van der Waals surface area (Å²) in [5, 5.41) is 35.3. The number of allylic oxidation sites excluding steroid dienone is 2. The molecule has 2 atom stereocenters. The van der Waals surface area contributed by atoms with Crippen molar-refractivity contribution >= 4 is 47.8 Å². The first-order valence-corrected chi connectivity index (χ1v) is 14.3. The van der Waals surface area contributed by atoms with Crippen molar-refractivity contribution in [3.63, 3.8) is 0 Å². The molecule has 0 aromatic carbocycles. The van der Waals surface area contributed by atoms with Crippen molar-refractivity contribution in [2.24, 2.45) is 11.8 Å². The summed E-state index contributed by atoms with van der Waals surface area (Å²) >= 11 is 0. The molecule has 0 saturated carbocycles. The van der Waals surface area contributed by atoms with Crippen LogP contribution in [-0.2, 0) is 16.0 Å². The molecule has 0 aliphatic carbocycles. The highest BCUT2D eigenvalue weighted by Gasteiger charge is 2.39. The number of aliphatic carboxylic acids is 2. The van der Waals surface area contributed by atoms with E-state index in [1.165, 1.54) is 0 Å². The minimum atomic E-state index is -1.32. The standard InChI is InChI=1S/C33H36N4O6/c1-7-18-14(3)21-11-23-16(5)20(9-10-27(38)39)30(36-23)29(33(42)43)31-28(32(40)41)17(6)24(37-31)13-26-19(8-2)15(4)22(35-26)12-25(18)34-21/h7,11-13,16,20,34-37H,1,8-10H2,2-6H3,(H,38,39)(H,40,41)(H,42,43)/t16-,20-/m0/s1. The summed E-state index contributed by atoms with van der Waals surface area (Å²) in [6, 6.07) is 0. The normalized spacial score (nSPS) is 17.6. The Morgan fingerprint density at radius 2 is 1.56 bits per heavy atom. The lowest BCUT2D eigenvalue weighted by Crippen LogP contribution is -2.18. The van der Waals surface area contributed by atoms with Crippen LogP contribution >= 0.6 is 0 Å². The first-order chi connectivity index (χ1) is 20.4. The molecule has 0 spiro atoms. The fourth-order valence-electron chi connectivity index (χ4n) is 6.51. The molecule has 2 aliphatic heterocycles. The molecule has 10 heteroatoms. The molecular weight excluding hydrogens is 548 g/mol. The van der Waals surface area contributed by atoms with Gasteiger partial charge in [-0.2, -0.15) is 0 Å². The average molecular weight is 585 g/mol. The fraction of sp³-hybridized carbons (Fsp3) is 0.303. The van der Waals surface area contributed by atoms with E-state index in [1.54, 1.807) is 13.0 Å². The van der Waals surface area contributed by atoms with Crippen LogP contribution in [0.2, 0.25) is 0 Å². The molecule has 3 aromatic heterocycles. The largest absolute Gasteiger partial charge is 0.481 e. The van der Waals surface area contributed by atoms with Crippen LogP contribution in [0.15, 0.2) is 18.0 Å². The van der Waals surface area contributed by atoms with Crippen LogP contribution in [0.25, 0.3) is 29.9 Å². The van der Waals surface area contributed by atoms with Gasteiger partial charge in [0.25, 0.3) is 0 Å². The zero-order valence-electron chi connectivity index (χ0n) is 24.9. The maximum atomic E-state index is 13.0. The molecule has 10 nitrogen and oxygen atoms in total. The second-order valence-electron chi connectivity index (χ2n) is 11.3. The summed E-state index contributed by atoms with van der Waals surface area (Å²) in [5.74, 6) is -4.37. The highest BCUT2D eigenvalue weighted by atomic mass is 16.4. The van der Waals surface area contributed by atoms with Crippen LogP contribution in [0.1, 0.15) is 87.6 Å². The molecule has 224 valence electrons. The number of aromatic amines is 3. The number of carboxylic acids is 3. The van der Waals surface area contributed by atoms with Crippen molar-refractivity contribution in [3.05, 3.63) is 84.8 Å². The third-order valence-electron chi connectivity index (χ3n) is 8.90. The number of fused-ring (bicyclic) bond motifs is 8. The summed E-state index contributed by atoms with van der Waals surface area (Å²) in [6.07, 6.45) is 8.27. The van der Waals surface area contributed by atoms with Crippen LogP contribution < -0.4 is 16.0 Å². The topological polar surface area (TPSA) is 171 Å². The number of aromatic nitrogens is 3. The van der Waals surface area contributed by atoms with Crippen molar-refractivity contribution < 1.29 is 29.7 Å². The molecule has 8 bridgehead atoms. The Balaban J connectivity index is 1.95. The van der Waals surface area contributed by atoms with Crippen molar-refractivity contribution in [2.45, 2.75) is 53.9 Å². The van der Waals surface area contributed by atoms with Gasteiger partial charge < -0.3 is 35.6 Å². The van der Waals surface area contributed by atoms with Crippen LogP contribution in [-0.4, -0.2) is 48.2 Å². The summed E-state index contributed by atoms with van der Waals surface area (Å²) in [7, 11) is 0. The van der Waals surface area contributed by atoms with E-state index >= 15 is 0 Å². The first kappa shape index (κ1) is 29.5. The summed E-state index contributed by atoms with van der Waals surface area (Å²) in [4.78, 5) is 47.3. The monoisotopic (exact) mass is 584 g/mol. The van der Waals surface area contributed by atoms with E-state index in [0.717, 1.165) is 44.3 Å². The van der Waals surface area contributed by atoms with Gasteiger partial charge in [0.05, 0.1) is 11.3 Å². The smallest absolute Gasteiger partial charge is 0.339 e. The van der Waals surface area contributed by atoms with Crippen LogP contribution in [0.3, 0.4) is 0 Å². The van der Waals surface area contributed by atoms with E-state index in [2.05, 4.69) is 26.8 Å². The van der Waals surface area contributed by atoms with Crippen molar-refractivity contribution in [3.8, 4) is 0 Å². The molecule has 0 unspecified atom stereocenters. The number of rotatable bonds is 7. The number of carboxylic acid groups (broad SMARTS) is 3. The highest BCUT2D eigenvalue weighted by molar-refractivity contribution is 6.19. The zero-order valence-corrected chi connectivity index (χ0v) is 24.9. The maximum absolute atomic E-state index is 13.0. The van der Waals surface area contributed by atoms with E-state index in [1.807, 2.05) is 45.9 Å². The molecule has 3 aromatic rings. The summed E-state index contributed by atoms with van der Waals surface area (Å²) in [6.45, 7) is 13.6. The van der Waals surface area contributed by atoms with Gasteiger partial charge in [0.15, 0.2) is 0 Å². The lowest BCUT2D eigenvalue weighted by molar-refractivity contribution is -0.137. The van der Waals surface area contributed by atoms with Crippen LogP contribution in [0, 0.1) is 32.6 Å². The number of nitrogens with one attached hydrogen (secondary N) is 4. The number of aromatic carboxylic acids is 1. The predicted octanol–water partition coefficient (Wildman–Crippen LogP) is 4.03. The van der Waals surface area contributed by atoms with Crippen LogP contribution in [0.5, 0.6) is 0 Å². The van der Waals surface area contributed by atoms with E-state index in [0.29, 0.717) is 23.4 Å². The zero-order chi connectivity index (χ0) is 31.3. The molecule has 2 aliphatic rings. The summed E-state index contributed by atoms with van der Waals surface area (Å²) < 4.78 is 0. The van der Waals surface area contributed by atoms with E-state index in [9.17, 15) is 29.7 Å². The van der Waals surface area contributed by atoms with Gasteiger partial charge in [-0.25, -0.2) is 9.59 Å². The molecule has 1 saturated heterocycles. The fourth-order valence-corrected chi connectivity index (χ4v) is 6.51. The van der Waals surface area contributed by atoms with Gasteiger partial charge in [-0.3, -0.25) is 4.79 Å². The van der Waals surface area contributed by atoms with Crippen molar-refractivity contribution in [1.82, 2.24) is 20.3 Å². The van der Waals surface area contributed by atoms with Gasteiger partial charge in [0, 0.05) is 63.0 Å². The third kappa shape index (κ3) is 4.92. The maximum Gasteiger partial charge on any atom is 0.339 e. The van der Waals surface area contributed by atoms with Gasteiger partial charge in [-0.1, -0.05) is 26.5 Å². The molecule has 0 radical (unpaired) electrons.